The maximum Gasteiger partial charge on any atom is 0.261 e. The van der Waals surface area contributed by atoms with Crippen molar-refractivity contribution in [1.82, 2.24) is 5.32 Å². The van der Waals surface area contributed by atoms with E-state index in [9.17, 15) is 4.79 Å². The van der Waals surface area contributed by atoms with E-state index in [1.165, 1.54) is 0 Å². The third-order valence-electron chi connectivity index (χ3n) is 3.54. The van der Waals surface area contributed by atoms with Gasteiger partial charge in [-0.05, 0) is 56.5 Å². The van der Waals surface area contributed by atoms with E-state index in [1.807, 2.05) is 63.2 Å². The normalized spacial score (nSPS) is 13.3. The molecule has 116 valence electrons. The van der Waals surface area contributed by atoms with Crippen LogP contribution in [-0.4, -0.2) is 12.0 Å². The molecule has 0 bridgehead atoms. The van der Waals surface area contributed by atoms with Crippen LogP contribution in [0.5, 0.6) is 5.75 Å². The van der Waals surface area contributed by atoms with Gasteiger partial charge in [0, 0.05) is 0 Å². The molecule has 0 saturated heterocycles. The summed E-state index contributed by atoms with van der Waals surface area (Å²) in [6.45, 7) is 7.77. The van der Waals surface area contributed by atoms with E-state index in [4.69, 9.17) is 4.74 Å². The van der Waals surface area contributed by atoms with E-state index in [2.05, 4.69) is 11.4 Å². The van der Waals surface area contributed by atoms with Crippen molar-refractivity contribution >= 4 is 5.91 Å². The molecule has 0 fully saturated rings. The highest BCUT2D eigenvalue weighted by atomic mass is 16.5. The molecular weight excluding hydrogens is 274 g/mol. The number of hydrogen-bond donors (Lipinski definition) is 1. The van der Waals surface area contributed by atoms with E-state index in [1.54, 1.807) is 6.92 Å². The molecule has 1 amide bonds. The number of rotatable bonds is 5. The Morgan fingerprint density at radius 3 is 2.18 bits per heavy atom. The van der Waals surface area contributed by atoms with Crippen LogP contribution < -0.4 is 10.1 Å². The molecule has 2 atom stereocenters. The van der Waals surface area contributed by atoms with Crippen molar-refractivity contribution in [1.29, 1.82) is 0 Å². The summed E-state index contributed by atoms with van der Waals surface area (Å²) >= 11 is 0. The number of amides is 1. The number of nitrogens with one attached hydrogen (secondary N) is 1. The molecule has 0 aliphatic heterocycles. The lowest BCUT2D eigenvalue weighted by atomic mass is 10.1. The molecule has 0 aliphatic rings. The molecule has 3 heteroatoms. The zero-order valence-electron chi connectivity index (χ0n) is 13.6. The average Bonchev–Trinajstić information content (AvgIpc) is 2.46. The maximum absolute atomic E-state index is 12.3. The van der Waals surface area contributed by atoms with Gasteiger partial charge in [-0.1, -0.05) is 36.4 Å². The summed E-state index contributed by atoms with van der Waals surface area (Å²) in [6.07, 6.45) is -0.535. The molecule has 0 spiro atoms. The van der Waals surface area contributed by atoms with Crippen molar-refractivity contribution < 1.29 is 9.53 Å². The zero-order chi connectivity index (χ0) is 16.1. The smallest absolute Gasteiger partial charge is 0.261 e. The Labute approximate surface area is 132 Å². The second-order valence-corrected chi connectivity index (χ2v) is 5.72. The standard InChI is InChI=1S/C19H23NO2/c1-13-10-14(2)12-18(11-13)22-16(4)19(21)20-15(3)17-8-6-5-7-9-17/h5-12,15-16H,1-4H3,(H,20,21)/t15-,16+/m0/s1. The third-order valence-corrected chi connectivity index (χ3v) is 3.54. The lowest BCUT2D eigenvalue weighted by Gasteiger charge is -2.19. The van der Waals surface area contributed by atoms with E-state index in [-0.39, 0.29) is 11.9 Å². The number of benzene rings is 2. The largest absolute Gasteiger partial charge is 0.481 e. The number of hydrogen-bond acceptors (Lipinski definition) is 2. The second-order valence-electron chi connectivity index (χ2n) is 5.72. The number of carbonyl (C=O) groups excluding carboxylic acids is 1. The molecule has 0 aromatic heterocycles. The Bertz CT molecular complexity index is 617. The van der Waals surface area contributed by atoms with Crippen LogP contribution in [0.15, 0.2) is 48.5 Å². The van der Waals surface area contributed by atoms with Gasteiger partial charge in [0.15, 0.2) is 6.10 Å². The molecule has 3 nitrogen and oxygen atoms in total. The molecule has 0 heterocycles. The molecule has 1 N–H and O–H groups in total. The second kappa shape index (κ2) is 7.12. The first kappa shape index (κ1) is 16.1. The van der Waals surface area contributed by atoms with Gasteiger partial charge in [-0.15, -0.1) is 0 Å². The Morgan fingerprint density at radius 1 is 1.00 bits per heavy atom. The Kier molecular flexibility index (Phi) is 5.21. The SMILES string of the molecule is Cc1cc(C)cc(O[C@H](C)C(=O)N[C@@H](C)c2ccccc2)c1. The van der Waals surface area contributed by atoms with Gasteiger partial charge in [0.25, 0.3) is 5.91 Å². The van der Waals surface area contributed by atoms with Crippen LogP contribution in [0.3, 0.4) is 0 Å². The van der Waals surface area contributed by atoms with Crippen LogP contribution >= 0.6 is 0 Å². The fraction of sp³-hybridized carbons (Fsp3) is 0.316. The van der Waals surface area contributed by atoms with Crippen LogP contribution in [0.25, 0.3) is 0 Å². The molecule has 2 aromatic rings. The summed E-state index contributed by atoms with van der Waals surface area (Å²) in [5.74, 6) is 0.614. The van der Waals surface area contributed by atoms with E-state index < -0.39 is 6.10 Å². The number of aryl methyl sites for hydroxylation is 2. The average molecular weight is 297 g/mol. The highest BCUT2D eigenvalue weighted by Crippen LogP contribution is 2.18. The van der Waals surface area contributed by atoms with Crippen LogP contribution in [0, 0.1) is 13.8 Å². The molecule has 0 radical (unpaired) electrons. The van der Waals surface area contributed by atoms with Gasteiger partial charge in [0.05, 0.1) is 6.04 Å². The summed E-state index contributed by atoms with van der Waals surface area (Å²) in [7, 11) is 0. The highest BCUT2D eigenvalue weighted by Gasteiger charge is 2.17. The van der Waals surface area contributed by atoms with Crippen LogP contribution in [0.1, 0.15) is 36.6 Å². The minimum absolute atomic E-state index is 0.0426. The fourth-order valence-electron chi connectivity index (χ4n) is 2.41. The summed E-state index contributed by atoms with van der Waals surface area (Å²) in [5.41, 5.74) is 3.33. The minimum Gasteiger partial charge on any atom is -0.481 e. The molecule has 0 unspecified atom stereocenters. The summed E-state index contributed by atoms with van der Waals surface area (Å²) in [4.78, 5) is 12.3. The molecule has 2 rings (SSSR count). The summed E-state index contributed by atoms with van der Waals surface area (Å²) in [6, 6.07) is 15.8. The van der Waals surface area contributed by atoms with Crippen LogP contribution in [-0.2, 0) is 4.79 Å². The van der Waals surface area contributed by atoms with Crippen molar-refractivity contribution in [3.63, 3.8) is 0 Å². The zero-order valence-corrected chi connectivity index (χ0v) is 13.6. The van der Waals surface area contributed by atoms with E-state index in [0.717, 1.165) is 22.4 Å². The van der Waals surface area contributed by atoms with E-state index in [0.29, 0.717) is 0 Å². The summed E-state index contributed by atoms with van der Waals surface area (Å²) in [5, 5.41) is 2.98. The summed E-state index contributed by atoms with van der Waals surface area (Å²) < 4.78 is 5.76. The highest BCUT2D eigenvalue weighted by molar-refractivity contribution is 5.81. The Morgan fingerprint density at radius 2 is 1.59 bits per heavy atom. The van der Waals surface area contributed by atoms with Crippen molar-refractivity contribution in [2.75, 3.05) is 0 Å². The minimum atomic E-state index is -0.535. The van der Waals surface area contributed by atoms with Crippen molar-refractivity contribution in [2.24, 2.45) is 0 Å². The monoisotopic (exact) mass is 297 g/mol. The topological polar surface area (TPSA) is 38.3 Å². The third kappa shape index (κ3) is 4.35. The predicted octanol–water partition coefficient (Wildman–Crippen LogP) is 3.95. The van der Waals surface area contributed by atoms with Gasteiger partial charge >= 0.3 is 0 Å². The quantitative estimate of drug-likeness (QED) is 0.907. The van der Waals surface area contributed by atoms with Gasteiger partial charge in [0.1, 0.15) is 5.75 Å². The first-order valence-electron chi connectivity index (χ1n) is 7.56. The lowest BCUT2D eigenvalue weighted by Crippen LogP contribution is -2.37. The van der Waals surface area contributed by atoms with Crippen LogP contribution in [0.2, 0.25) is 0 Å². The first-order chi connectivity index (χ1) is 10.5. The van der Waals surface area contributed by atoms with Gasteiger partial charge in [-0.3, -0.25) is 4.79 Å². The number of carbonyl (C=O) groups is 1. The maximum atomic E-state index is 12.3. The Hall–Kier alpha value is -2.29. The molecule has 2 aromatic carbocycles. The predicted molar refractivity (Wildman–Crippen MR) is 89.0 cm³/mol. The van der Waals surface area contributed by atoms with Crippen molar-refractivity contribution in [2.45, 2.75) is 39.8 Å². The number of ether oxygens (including phenoxy) is 1. The van der Waals surface area contributed by atoms with Crippen LogP contribution in [0.4, 0.5) is 0 Å². The van der Waals surface area contributed by atoms with Crippen molar-refractivity contribution in [3.05, 3.63) is 65.2 Å². The Balaban J connectivity index is 1.97. The van der Waals surface area contributed by atoms with Gasteiger partial charge < -0.3 is 10.1 Å². The van der Waals surface area contributed by atoms with Crippen molar-refractivity contribution in [3.8, 4) is 5.75 Å². The fourth-order valence-corrected chi connectivity index (χ4v) is 2.41. The molecule has 22 heavy (non-hydrogen) atoms. The lowest BCUT2D eigenvalue weighted by molar-refractivity contribution is -0.127. The first-order valence-corrected chi connectivity index (χ1v) is 7.56. The van der Waals surface area contributed by atoms with Gasteiger partial charge in [-0.2, -0.15) is 0 Å². The molecule has 0 saturated carbocycles. The van der Waals surface area contributed by atoms with E-state index >= 15 is 0 Å². The molecular formula is C19H23NO2. The van der Waals surface area contributed by atoms with Gasteiger partial charge in [0.2, 0.25) is 0 Å². The molecule has 0 aliphatic carbocycles. The van der Waals surface area contributed by atoms with Gasteiger partial charge in [-0.25, -0.2) is 0 Å².